The summed E-state index contributed by atoms with van der Waals surface area (Å²) in [6, 6.07) is 12.0. The lowest BCUT2D eigenvalue weighted by Crippen LogP contribution is -2.38. The Balaban J connectivity index is 1.83. The van der Waals surface area contributed by atoms with E-state index < -0.39 is 27.7 Å². The molecule has 2 aromatic rings. The van der Waals surface area contributed by atoms with E-state index in [0.29, 0.717) is 5.69 Å². The lowest BCUT2D eigenvalue weighted by molar-refractivity contribution is 0.255. The number of nitrogens with zero attached hydrogens (tertiary/aromatic N) is 2. The van der Waals surface area contributed by atoms with E-state index in [0.717, 1.165) is 17.7 Å². The third-order valence-electron chi connectivity index (χ3n) is 5.11. The van der Waals surface area contributed by atoms with Gasteiger partial charge in [0.05, 0.1) is 23.6 Å². The molecular weight excluding hydrogens is 355 g/mol. The molecule has 0 aromatic heterocycles. The van der Waals surface area contributed by atoms with E-state index in [2.05, 4.69) is 0 Å². The van der Waals surface area contributed by atoms with Crippen molar-refractivity contribution in [2.24, 2.45) is 0 Å². The van der Waals surface area contributed by atoms with Crippen molar-refractivity contribution >= 4 is 27.2 Å². The zero-order chi connectivity index (χ0) is 18.5. The van der Waals surface area contributed by atoms with Crippen LogP contribution < -0.4 is 9.80 Å². The van der Waals surface area contributed by atoms with Crippen LogP contribution in [0.2, 0.25) is 0 Å². The van der Waals surface area contributed by atoms with Gasteiger partial charge >= 0.3 is 6.03 Å². The Hall–Kier alpha value is -2.41. The first-order valence-electron chi connectivity index (χ1n) is 8.57. The number of hydrogen-bond acceptors (Lipinski definition) is 3. The molecular formula is C19H19FN2O3S. The fourth-order valence-electron chi connectivity index (χ4n) is 3.93. The van der Waals surface area contributed by atoms with Gasteiger partial charge in [0.15, 0.2) is 9.84 Å². The number of amides is 2. The predicted octanol–water partition coefficient (Wildman–Crippen LogP) is 3.00. The van der Waals surface area contributed by atoms with Crippen molar-refractivity contribution in [1.29, 1.82) is 0 Å². The number of rotatable bonds is 3. The second-order valence-corrected chi connectivity index (χ2v) is 8.85. The van der Waals surface area contributed by atoms with Crippen LogP contribution in [0.3, 0.4) is 0 Å². The summed E-state index contributed by atoms with van der Waals surface area (Å²) in [6.07, 6.45) is 0.737. The summed E-state index contributed by atoms with van der Waals surface area (Å²) in [5, 5.41) is 0. The molecule has 0 saturated carbocycles. The molecule has 2 atom stereocenters. The highest BCUT2D eigenvalue weighted by Crippen LogP contribution is 2.39. The third-order valence-corrected chi connectivity index (χ3v) is 6.80. The second-order valence-electron chi connectivity index (χ2n) is 6.69. The van der Waals surface area contributed by atoms with Crippen molar-refractivity contribution in [3.63, 3.8) is 0 Å². The summed E-state index contributed by atoms with van der Waals surface area (Å²) in [7, 11) is -3.25. The molecule has 2 heterocycles. The minimum absolute atomic E-state index is 0.0564. The molecule has 5 nitrogen and oxygen atoms in total. The molecule has 26 heavy (non-hydrogen) atoms. The highest BCUT2D eigenvalue weighted by Gasteiger charge is 2.54. The molecule has 136 valence electrons. The van der Waals surface area contributed by atoms with Gasteiger partial charge in [-0.05, 0) is 42.3 Å². The first-order valence-corrected chi connectivity index (χ1v) is 10.4. The SMILES string of the molecule is CCc1ccccc1N1C(=O)N(c2ccc(F)cc2)[C@H]2CS(=O)(=O)C[C@H]21. The predicted molar refractivity (Wildman–Crippen MR) is 98.8 cm³/mol. The minimum atomic E-state index is -3.25. The lowest BCUT2D eigenvalue weighted by Gasteiger charge is -2.24. The Bertz CT molecular complexity index is 959. The fourth-order valence-corrected chi connectivity index (χ4v) is 5.85. The topological polar surface area (TPSA) is 57.7 Å². The monoisotopic (exact) mass is 374 g/mol. The zero-order valence-electron chi connectivity index (χ0n) is 14.3. The summed E-state index contributed by atoms with van der Waals surface area (Å²) in [6.45, 7) is 2.00. The normalized spacial score (nSPS) is 24.2. The van der Waals surface area contributed by atoms with Crippen LogP contribution in [0.15, 0.2) is 48.5 Å². The van der Waals surface area contributed by atoms with E-state index in [1.807, 2.05) is 31.2 Å². The Morgan fingerprint density at radius 2 is 1.62 bits per heavy atom. The second kappa shape index (κ2) is 6.09. The fraction of sp³-hybridized carbons (Fsp3) is 0.316. The van der Waals surface area contributed by atoms with Crippen molar-refractivity contribution < 1.29 is 17.6 Å². The number of benzene rings is 2. The number of sulfone groups is 1. The van der Waals surface area contributed by atoms with Crippen molar-refractivity contribution in [1.82, 2.24) is 0 Å². The van der Waals surface area contributed by atoms with Gasteiger partial charge in [-0.2, -0.15) is 0 Å². The van der Waals surface area contributed by atoms with Crippen LogP contribution in [0.4, 0.5) is 20.6 Å². The Morgan fingerprint density at radius 1 is 1.00 bits per heavy atom. The molecule has 0 aliphatic carbocycles. The minimum Gasteiger partial charge on any atom is -0.288 e. The highest BCUT2D eigenvalue weighted by atomic mass is 32.2. The largest absolute Gasteiger partial charge is 0.329 e. The van der Waals surface area contributed by atoms with Crippen LogP contribution in [-0.4, -0.2) is 38.0 Å². The molecule has 2 aliphatic heterocycles. The van der Waals surface area contributed by atoms with Crippen LogP contribution in [0.25, 0.3) is 0 Å². The molecule has 0 bridgehead atoms. The molecule has 7 heteroatoms. The lowest BCUT2D eigenvalue weighted by atomic mass is 10.1. The van der Waals surface area contributed by atoms with Gasteiger partial charge < -0.3 is 0 Å². The number of carbonyl (C=O) groups excluding carboxylic acids is 1. The Morgan fingerprint density at radius 3 is 2.27 bits per heavy atom. The number of halogens is 1. The maximum Gasteiger partial charge on any atom is 0.329 e. The van der Waals surface area contributed by atoms with Gasteiger partial charge in [-0.3, -0.25) is 9.80 Å². The summed E-state index contributed by atoms with van der Waals surface area (Å²) in [5.41, 5.74) is 2.25. The van der Waals surface area contributed by atoms with Gasteiger partial charge in [-0.25, -0.2) is 17.6 Å². The number of fused-ring (bicyclic) bond motifs is 1. The molecule has 0 radical (unpaired) electrons. The Labute approximate surface area is 152 Å². The van der Waals surface area contributed by atoms with E-state index in [1.54, 1.807) is 4.90 Å². The summed E-state index contributed by atoms with van der Waals surface area (Å²) in [5.74, 6) is -0.533. The van der Waals surface area contributed by atoms with E-state index in [-0.39, 0.29) is 17.5 Å². The molecule has 2 fully saturated rings. The van der Waals surface area contributed by atoms with Gasteiger partial charge in [0, 0.05) is 11.4 Å². The zero-order valence-corrected chi connectivity index (χ0v) is 15.1. The van der Waals surface area contributed by atoms with E-state index in [9.17, 15) is 17.6 Å². The van der Waals surface area contributed by atoms with Crippen LogP contribution in [0.5, 0.6) is 0 Å². The van der Waals surface area contributed by atoms with Crippen LogP contribution in [0, 0.1) is 5.82 Å². The first-order chi connectivity index (χ1) is 12.4. The van der Waals surface area contributed by atoms with E-state index in [1.165, 1.54) is 29.2 Å². The molecule has 0 unspecified atom stereocenters. The molecule has 2 amide bonds. The summed E-state index contributed by atoms with van der Waals surface area (Å²) in [4.78, 5) is 16.4. The maximum absolute atomic E-state index is 13.3. The number of urea groups is 1. The van der Waals surface area contributed by atoms with Gasteiger partial charge in [-0.15, -0.1) is 0 Å². The van der Waals surface area contributed by atoms with Crippen molar-refractivity contribution in [3.05, 3.63) is 59.9 Å². The van der Waals surface area contributed by atoms with E-state index in [4.69, 9.17) is 0 Å². The third kappa shape index (κ3) is 2.67. The molecule has 2 aliphatic rings. The molecule has 2 aromatic carbocycles. The number of hydrogen-bond donors (Lipinski definition) is 0. The quantitative estimate of drug-likeness (QED) is 0.776. The van der Waals surface area contributed by atoms with Gasteiger partial charge in [0.2, 0.25) is 0 Å². The van der Waals surface area contributed by atoms with E-state index >= 15 is 0 Å². The van der Waals surface area contributed by atoms with Gasteiger partial charge in [0.25, 0.3) is 0 Å². The van der Waals surface area contributed by atoms with Gasteiger partial charge in [-0.1, -0.05) is 25.1 Å². The van der Waals surface area contributed by atoms with Gasteiger partial charge in [0.1, 0.15) is 5.82 Å². The standard InChI is InChI=1S/C19H19FN2O3S/c1-2-13-5-3-4-6-16(13)22-18-12-26(24,25)11-17(18)21(19(22)23)15-9-7-14(20)8-10-15/h3-10,17-18H,2,11-12H2,1H3/t17-,18+/m0/s1. The van der Waals surface area contributed by atoms with Crippen LogP contribution >= 0.6 is 0 Å². The molecule has 4 rings (SSSR count). The summed E-state index contributed by atoms with van der Waals surface area (Å²) < 4.78 is 37.9. The number of carbonyl (C=O) groups is 1. The van der Waals surface area contributed by atoms with Crippen molar-refractivity contribution in [2.45, 2.75) is 25.4 Å². The average molecular weight is 374 g/mol. The summed E-state index contributed by atoms with van der Waals surface area (Å²) >= 11 is 0. The highest BCUT2D eigenvalue weighted by molar-refractivity contribution is 7.91. The van der Waals surface area contributed by atoms with Crippen molar-refractivity contribution in [3.8, 4) is 0 Å². The van der Waals surface area contributed by atoms with Crippen LogP contribution in [0.1, 0.15) is 12.5 Å². The number of aryl methyl sites for hydroxylation is 1. The molecule has 0 spiro atoms. The average Bonchev–Trinajstić information content (AvgIpc) is 3.04. The van der Waals surface area contributed by atoms with Crippen molar-refractivity contribution in [2.75, 3.05) is 21.3 Å². The smallest absolute Gasteiger partial charge is 0.288 e. The van der Waals surface area contributed by atoms with Crippen LogP contribution in [-0.2, 0) is 16.3 Å². The number of anilines is 2. The molecule has 2 saturated heterocycles. The maximum atomic E-state index is 13.3. The first kappa shape index (κ1) is 17.0. The Kier molecular flexibility index (Phi) is 3.99. The molecule has 0 N–H and O–H groups in total. The number of para-hydroxylation sites is 1.